The summed E-state index contributed by atoms with van der Waals surface area (Å²) in [6.45, 7) is 1.79. The highest BCUT2D eigenvalue weighted by molar-refractivity contribution is 7.27. The normalized spacial score (nSPS) is 17.7. The number of hydrogen-bond acceptors (Lipinski definition) is 3. The molecule has 0 N–H and O–H groups in total. The molecular formula is C43H31N3S. The van der Waals surface area contributed by atoms with Crippen molar-refractivity contribution in [3.63, 3.8) is 0 Å². The molecule has 2 aromatic heterocycles. The Morgan fingerprint density at radius 3 is 1.66 bits per heavy atom. The second kappa shape index (κ2) is 10.6. The number of aromatic nitrogens is 1. The molecule has 0 aliphatic carbocycles. The lowest BCUT2D eigenvalue weighted by atomic mass is 9.99. The van der Waals surface area contributed by atoms with E-state index < -0.39 is 0 Å². The number of rotatable bonds is 6. The minimum absolute atomic E-state index is 0.237. The van der Waals surface area contributed by atoms with E-state index in [9.17, 15) is 0 Å². The fraction of sp³-hybridized carbons (Fsp3) is 0.0698. The van der Waals surface area contributed by atoms with Crippen molar-refractivity contribution in [1.82, 2.24) is 14.6 Å². The number of fused-ring (bicyclic) bond motifs is 10. The Kier molecular flexibility index (Phi) is 6.10. The van der Waals surface area contributed by atoms with E-state index in [1.165, 1.54) is 75.1 Å². The summed E-state index contributed by atoms with van der Waals surface area (Å²) >= 11 is 1.92. The summed E-state index contributed by atoms with van der Waals surface area (Å²) < 4.78 is 5.19. The predicted octanol–water partition coefficient (Wildman–Crippen LogP) is 11.2. The van der Waals surface area contributed by atoms with Gasteiger partial charge < -0.3 is 4.57 Å². The van der Waals surface area contributed by atoms with Crippen LogP contribution in [0.15, 0.2) is 158 Å². The maximum Gasteiger partial charge on any atom is 0.116 e. The molecule has 0 bridgehead atoms. The Bertz CT molecular complexity index is 2540. The van der Waals surface area contributed by atoms with E-state index in [2.05, 4.69) is 172 Å². The smallest absolute Gasteiger partial charge is 0.116 e. The standard InChI is InChI=1S/C43H31N3S/c1-3-13-29(14-4-1)27-44-43(45(44)28-30-15-5-2-6-16-30)31-23-25-32(26-24-31)46-37-21-11-9-19-35(37)39-33-17-7-8-18-34(33)40-36-20-10-12-22-38(36)47-42(40)41(39)46/h1-26,43H,27-28H2/t43?,44-,45+. The lowest BCUT2D eigenvalue weighted by Gasteiger charge is -2.11. The van der Waals surface area contributed by atoms with E-state index >= 15 is 0 Å². The first-order chi connectivity index (χ1) is 23.3. The zero-order valence-electron chi connectivity index (χ0n) is 25.8. The molecule has 3 nitrogen and oxygen atoms in total. The highest BCUT2D eigenvalue weighted by Crippen LogP contribution is 2.48. The van der Waals surface area contributed by atoms with Crippen LogP contribution in [-0.2, 0) is 13.1 Å². The Labute approximate surface area is 277 Å². The van der Waals surface area contributed by atoms with Gasteiger partial charge in [-0.1, -0.05) is 133 Å². The summed E-state index contributed by atoms with van der Waals surface area (Å²) in [5, 5.41) is 13.0. The summed E-state index contributed by atoms with van der Waals surface area (Å²) in [6.07, 6.45) is 0.237. The lowest BCUT2D eigenvalue weighted by molar-refractivity contribution is 0.293. The van der Waals surface area contributed by atoms with Crippen molar-refractivity contribution in [2.75, 3.05) is 0 Å². The van der Waals surface area contributed by atoms with Gasteiger partial charge in [-0.2, -0.15) is 0 Å². The Balaban J connectivity index is 1.14. The molecule has 1 unspecified atom stereocenters. The molecule has 0 radical (unpaired) electrons. The molecule has 3 atom stereocenters. The van der Waals surface area contributed by atoms with Crippen molar-refractivity contribution in [2.45, 2.75) is 19.3 Å². The Hall–Kier alpha value is -5.26. The predicted molar refractivity (Wildman–Crippen MR) is 198 cm³/mol. The molecule has 3 heterocycles. The van der Waals surface area contributed by atoms with Crippen molar-refractivity contribution >= 4 is 64.1 Å². The van der Waals surface area contributed by atoms with Crippen LogP contribution in [0.2, 0.25) is 0 Å². The fourth-order valence-electron chi connectivity index (χ4n) is 7.68. The van der Waals surface area contributed by atoms with Crippen molar-refractivity contribution in [3.8, 4) is 5.69 Å². The Morgan fingerprint density at radius 1 is 0.468 bits per heavy atom. The van der Waals surface area contributed by atoms with Crippen LogP contribution in [0.25, 0.3) is 58.4 Å². The highest BCUT2D eigenvalue weighted by Gasteiger charge is 2.45. The van der Waals surface area contributed by atoms with Gasteiger partial charge in [0, 0.05) is 45.0 Å². The van der Waals surface area contributed by atoms with E-state index in [4.69, 9.17) is 0 Å². The number of thiophene rings is 1. The van der Waals surface area contributed by atoms with Gasteiger partial charge >= 0.3 is 0 Å². The molecule has 224 valence electrons. The maximum atomic E-state index is 2.51. The summed E-state index contributed by atoms with van der Waals surface area (Å²) in [6, 6.07) is 57.7. The number of benzene rings is 7. The van der Waals surface area contributed by atoms with Crippen LogP contribution < -0.4 is 0 Å². The molecule has 47 heavy (non-hydrogen) atoms. The van der Waals surface area contributed by atoms with Gasteiger partial charge in [0.25, 0.3) is 0 Å². The average Bonchev–Trinajstić information content (AvgIpc) is 3.47. The van der Waals surface area contributed by atoms with Crippen LogP contribution in [0.4, 0.5) is 0 Å². The van der Waals surface area contributed by atoms with Crippen LogP contribution in [0.1, 0.15) is 22.9 Å². The molecular weight excluding hydrogens is 591 g/mol. The molecule has 1 aliphatic rings. The average molecular weight is 622 g/mol. The second-order valence-corrected chi connectivity index (χ2v) is 13.6. The van der Waals surface area contributed by atoms with Gasteiger partial charge in [0.15, 0.2) is 0 Å². The minimum atomic E-state index is 0.237. The van der Waals surface area contributed by atoms with E-state index in [1.54, 1.807) is 0 Å². The van der Waals surface area contributed by atoms with E-state index in [-0.39, 0.29) is 6.17 Å². The first kappa shape index (κ1) is 26.9. The van der Waals surface area contributed by atoms with Crippen LogP contribution in [0.5, 0.6) is 0 Å². The van der Waals surface area contributed by atoms with Gasteiger partial charge in [-0.05, 0) is 51.7 Å². The lowest BCUT2D eigenvalue weighted by Crippen LogP contribution is -2.07. The monoisotopic (exact) mass is 621 g/mol. The first-order valence-corrected chi connectivity index (χ1v) is 17.1. The van der Waals surface area contributed by atoms with Crippen LogP contribution >= 0.6 is 11.3 Å². The molecule has 7 aromatic carbocycles. The third-order valence-corrected chi connectivity index (χ3v) is 11.0. The van der Waals surface area contributed by atoms with Crippen molar-refractivity contribution in [1.29, 1.82) is 0 Å². The minimum Gasteiger partial charge on any atom is -0.308 e. The van der Waals surface area contributed by atoms with Gasteiger partial charge in [-0.3, -0.25) is 0 Å². The maximum absolute atomic E-state index is 2.51. The number of para-hydroxylation sites is 1. The third-order valence-electron chi connectivity index (χ3n) is 9.82. The zero-order chi connectivity index (χ0) is 30.9. The number of hydrazine groups is 1. The topological polar surface area (TPSA) is 10.9 Å². The van der Waals surface area contributed by atoms with Crippen molar-refractivity contribution in [3.05, 3.63) is 174 Å². The second-order valence-electron chi connectivity index (χ2n) is 12.6. The quantitative estimate of drug-likeness (QED) is 0.171. The molecule has 0 spiro atoms. The van der Waals surface area contributed by atoms with Gasteiger partial charge in [0.2, 0.25) is 0 Å². The van der Waals surface area contributed by atoms with Crippen LogP contribution in [-0.4, -0.2) is 14.6 Å². The van der Waals surface area contributed by atoms with Gasteiger partial charge in [0.1, 0.15) is 6.17 Å². The van der Waals surface area contributed by atoms with Crippen LogP contribution in [0, 0.1) is 0 Å². The zero-order valence-corrected chi connectivity index (χ0v) is 26.6. The molecule has 1 aliphatic heterocycles. The van der Waals surface area contributed by atoms with Gasteiger partial charge in [-0.15, -0.1) is 11.3 Å². The SMILES string of the molecule is c1ccc(C[N@]2C(c3ccc(-n4c5ccccc5c5c6ccccc6c6c7ccccc7sc6c54)cc3)[N@]2Cc2ccccc2)cc1. The molecule has 10 rings (SSSR count). The van der Waals surface area contributed by atoms with E-state index in [0.717, 1.165) is 13.1 Å². The first-order valence-electron chi connectivity index (χ1n) is 16.3. The van der Waals surface area contributed by atoms with E-state index in [1.807, 2.05) is 11.3 Å². The van der Waals surface area contributed by atoms with Crippen LogP contribution in [0.3, 0.4) is 0 Å². The number of nitrogens with zero attached hydrogens (tertiary/aromatic N) is 3. The summed E-state index contributed by atoms with van der Waals surface area (Å²) in [4.78, 5) is 0. The van der Waals surface area contributed by atoms with E-state index in [0.29, 0.717) is 0 Å². The summed E-state index contributed by atoms with van der Waals surface area (Å²) in [5.74, 6) is 0. The molecule has 9 aromatic rings. The number of hydrogen-bond donors (Lipinski definition) is 0. The summed E-state index contributed by atoms with van der Waals surface area (Å²) in [5.41, 5.74) is 7.71. The van der Waals surface area contributed by atoms with Crippen molar-refractivity contribution in [2.24, 2.45) is 0 Å². The summed E-state index contributed by atoms with van der Waals surface area (Å²) in [7, 11) is 0. The third kappa shape index (κ3) is 4.26. The highest BCUT2D eigenvalue weighted by atomic mass is 32.1. The molecule has 0 saturated carbocycles. The Morgan fingerprint density at radius 2 is 1.00 bits per heavy atom. The van der Waals surface area contributed by atoms with Crippen molar-refractivity contribution < 1.29 is 0 Å². The van der Waals surface area contributed by atoms with Gasteiger partial charge in [0.05, 0.1) is 15.7 Å². The molecule has 1 saturated heterocycles. The van der Waals surface area contributed by atoms with Gasteiger partial charge in [-0.25, -0.2) is 10.0 Å². The molecule has 0 amide bonds. The molecule has 4 heteroatoms. The largest absolute Gasteiger partial charge is 0.308 e. The molecule has 1 fully saturated rings. The fourth-order valence-corrected chi connectivity index (χ4v) is 8.93.